The summed E-state index contributed by atoms with van der Waals surface area (Å²) in [6.45, 7) is 8.56. The summed E-state index contributed by atoms with van der Waals surface area (Å²) in [4.78, 5) is 18.4. The molecular formula is C17H24N4OS. The van der Waals surface area contributed by atoms with Crippen LogP contribution in [0.4, 0.5) is 0 Å². The molecule has 0 radical (unpaired) electrons. The fourth-order valence-electron chi connectivity index (χ4n) is 3.11. The first kappa shape index (κ1) is 16.2. The quantitative estimate of drug-likeness (QED) is 0.860. The molecule has 0 aromatic carbocycles. The van der Waals surface area contributed by atoms with Gasteiger partial charge in [0.2, 0.25) is 5.91 Å². The molecule has 23 heavy (non-hydrogen) atoms. The lowest BCUT2D eigenvalue weighted by molar-refractivity contribution is -0.132. The van der Waals surface area contributed by atoms with Crippen molar-refractivity contribution >= 4 is 17.2 Å². The maximum atomic E-state index is 12.6. The van der Waals surface area contributed by atoms with Crippen molar-refractivity contribution in [2.45, 2.75) is 26.8 Å². The number of carbonyl (C=O) groups excluding carboxylic acids is 1. The molecular weight excluding hydrogens is 308 g/mol. The average molecular weight is 332 g/mol. The van der Waals surface area contributed by atoms with E-state index in [1.165, 1.54) is 4.88 Å². The van der Waals surface area contributed by atoms with E-state index in [2.05, 4.69) is 27.5 Å². The highest BCUT2D eigenvalue weighted by molar-refractivity contribution is 7.09. The molecule has 0 unspecified atom stereocenters. The Balaban J connectivity index is 1.54. The monoisotopic (exact) mass is 332 g/mol. The van der Waals surface area contributed by atoms with Crippen LogP contribution in [-0.2, 0) is 24.8 Å². The van der Waals surface area contributed by atoms with Gasteiger partial charge in [-0.2, -0.15) is 5.10 Å². The fraction of sp³-hybridized carbons (Fsp3) is 0.529. The van der Waals surface area contributed by atoms with Crippen LogP contribution in [0.3, 0.4) is 0 Å². The van der Waals surface area contributed by atoms with Crippen LogP contribution in [0.2, 0.25) is 0 Å². The van der Waals surface area contributed by atoms with Crippen LogP contribution in [0, 0.1) is 13.8 Å². The lowest BCUT2D eigenvalue weighted by Gasteiger charge is -2.34. The van der Waals surface area contributed by atoms with Crippen molar-refractivity contribution in [2.75, 3.05) is 26.2 Å². The Morgan fingerprint density at radius 1 is 1.26 bits per heavy atom. The van der Waals surface area contributed by atoms with Crippen LogP contribution in [-0.4, -0.2) is 51.7 Å². The van der Waals surface area contributed by atoms with Crippen LogP contribution in [0.1, 0.15) is 21.8 Å². The van der Waals surface area contributed by atoms with Gasteiger partial charge < -0.3 is 4.90 Å². The topological polar surface area (TPSA) is 41.4 Å². The molecule has 124 valence electrons. The zero-order chi connectivity index (χ0) is 16.4. The third-order valence-corrected chi connectivity index (χ3v) is 5.53. The van der Waals surface area contributed by atoms with Crippen LogP contribution in [0.15, 0.2) is 17.5 Å². The number of carbonyl (C=O) groups is 1. The first-order valence-electron chi connectivity index (χ1n) is 8.06. The van der Waals surface area contributed by atoms with Crippen molar-refractivity contribution in [3.8, 4) is 0 Å². The van der Waals surface area contributed by atoms with Crippen molar-refractivity contribution in [3.05, 3.63) is 39.3 Å². The second-order valence-corrected chi connectivity index (χ2v) is 7.22. The third kappa shape index (κ3) is 3.64. The second kappa shape index (κ2) is 6.84. The molecule has 5 nitrogen and oxygen atoms in total. The summed E-state index contributed by atoms with van der Waals surface area (Å²) in [5.74, 6) is 0.222. The van der Waals surface area contributed by atoms with E-state index in [-0.39, 0.29) is 5.91 Å². The Labute approximate surface area is 141 Å². The second-order valence-electron chi connectivity index (χ2n) is 6.19. The Morgan fingerprint density at radius 3 is 2.57 bits per heavy atom. The smallest absolute Gasteiger partial charge is 0.227 e. The largest absolute Gasteiger partial charge is 0.340 e. The molecule has 0 N–H and O–H groups in total. The van der Waals surface area contributed by atoms with E-state index >= 15 is 0 Å². The van der Waals surface area contributed by atoms with Gasteiger partial charge in [0, 0.05) is 55.9 Å². The number of piperazine rings is 1. The molecule has 3 rings (SSSR count). The zero-order valence-electron chi connectivity index (χ0n) is 14.1. The van der Waals surface area contributed by atoms with Gasteiger partial charge in [-0.3, -0.25) is 14.4 Å². The number of nitrogens with zero attached hydrogens (tertiary/aromatic N) is 4. The molecule has 0 atom stereocenters. The summed E-state index contributed by atoms with van der Waals surface area (Å²) in [5.41, 5.74) is 3.14. The molecule has 2 aromatic heterocycles. The number of aryl methyl sites for hydroxylation is 2. The summed E-state index contributed by atoms with van der Waals surface area (Å²) >= 11 is 1.80. The first-order valence-corrected chi connectivity index (χ1v) is 8.94. The van der Waals surface area contributed by atoms with Gasteiger partial charge in [0.15, 0.2) is 0 Å². The molecule has 1 amide bonds. The van der Waals surface area contributed by atoms with E-state index in [0.29, 0.717) is 6.42 Å². The molecule has 1 aliphatic heterocycles. The SMILES string of the molecule is Cc1nn(C)c(C)c1CC(=O)N1CCN(Cc2cccs2)CC1. The minimum Gasteiger partial charge on any atom is -0.340 e. The Hall–Kier alpha value is -1.66. The number of rotatable bonds is 4. The van der Waals surface area contributed by atoms with E-state index in [0.717, 1.165) is 49.7 Å². The maximum Gasteiger partial charge on any atom is 0.227 e. The predicted molar refractivity (Wildman–Crippen MR) is 92.6 cm³/mol. The molecule has 1 aliphatic rings. The average Bonchev–Trinajstić information content (AvgIpc) is 3.12. The molecule has 6 heteroatoms. The molecule has 3 heterocycles. The predicted octanol–water partition coefficient (Wildman–Crippen LogP) is 1.99. The molecule has 0 saturated carbocycles. The van der Waals surface area contributed by atoms with Gasteiger partial charge in [0.25, 0.3) is 0 Å². The number of thiophene rings is 1. The molecule has 1 saturated heterocycles. The van der Waals surface area contributed by atoms with E-state index in [1.54, 1.807) is 11.3 Å². The summed E-state index contributed by atoms with van der Waals surface area (Å²) in [5, 5.41) is 6.52. The Kier molecular flexibility index (Phi) is 4.82. The van der Waals surface area contributed by atoms with E-state index in [9.17, 15) is 4.79 Å². The molecule has 2 aromatic rings. The van der Waals surface area contributed by atoms with Gasteiger partial charge >= 0.3 is 0 Å². The fourth-order valence-corrected chi connectivity index (χ4v) is 3.86. The summed E-state index contributed by atoms with van der Waals surface area (Å²) in [6.07, 6.45) is 0.469. The number of hydrogen-bond donors (Lipinski definition) is 0. The summed E-state index contributed by atoms with van der Waals surface area (Å²) in [6, 6.07) is 4.27. The van der Waals surface area contributed by atoms with Gasteiger partial charge in [-0.15, -0.1) is 11.3 Å². The highest BCUT2D eigenvalue weighted by Crippen LogP contribution is 2.16. The van der Waals surface area contributed by atoms with Gasteiger partial charge in [-0.05, 0) is 25.3 Å². The number of hydrogen-bond acceptors (Lipinski definition) is 4. The van der Waals surface area contributed by atoms with Crippen molar-refractivity contribution in [2.24, 2.45) is 7.05 Å². The molecule has 1 fully saturated rings. The minimum absolute atomic E-state index is 0.222. The van der Waals surface area contributed by atoms with Gasteiger partial charge in [0.1, 0.15) is 0 Å². The van der Waals surface area contributed by atoms with E-state index in [1.807, 2.05) is 30.5 Å². The number of amides is 1. The van der Waals surface area contributed by atoms with Gasteiger partial charge in [0.05, 0.1) is 12.1 Å². The molecule has 0 bridgehead atoms. The van der Waals surface area contributed by atoms with E-state index in [4.69, 9.17) is 0 Å². The lowest BCUT2D eigenvalue weighted by atomic mass is 10.1. The maximum absolute atomic E-state index is 12.6. The first-order chi connectivity index (χ1) is 11.0. The highest BCUT2D eigenvalue weighted by atomic mass is 32.1. The van der Waals surface area contributed by atoms with Crippen molar-refractivity contribution < 1.29 is 4.79 Å². The van der Waals surface area contributed by atoms with Crippen molar-refractivity contribution in [1.82, 2.24) is 19.6 Å². The Bertz CT molecular complexity index is 669. The summed E-state index contributed by atoms with van der Waals surface area (Å²) in [7, 11) is 1.93. The van der Waals surface area contributed by atoms with Gasteiger partial charge in [-0.25, -0.2) is 0 Å². The van der Waals surface area contributed by atoms with Crippen LogP contribution < -0.4 is 0 Å². The van der Waals surface area contributed by atoms with Crippen molar-refractivity contribution in [3.63, 3.8) is 0 Å². The lowest BCUT2D eigenvalue weighted by Crippen LogP contribution is -2.48. The zero-order valence-corrected chi connectivity index (χ0v) is 14.9. The van der Waals surface area contributed by atoms with Crippen LogP contribution in [0.5, 0.6) is 0 Å². The summed E-state index contributed by atoms with van der Waals surface area (Å²) < 4.78 is 1.86. The van der Waals surface area contributed by atoms with Crippen molar-refractivity contribution in [1.29, 1.82) is 0 Å². The van der Waals surface area contributed by atoms with E-state index < -0.39 is 0 Å². The Morgan fingerprint density at radius 2 is 2.00 bits per heavy atom. The van der Waals surface area contributed by atoms with Gasteiger partial charge in [-0.1, -0.05) is 6.07 Å². The third-order valence-electron chi connectivity index (χ3n) is 4.67. The standard InChI is InChI=1S/C17H24N4OS/c1-13-16(14(2)19(3)18-13)11-17(22)21-8-6-20(7-9-21)12-15-5-4-10-23-15/h4-5,10H,6-9,11-12H2,1-3H3. The van der Waals surface area contributed by atoms with Crippen LogP contribution >= 0.6 is 11.3 Å². The highest BCUT2D eigenvalue weighted by Gasteiger charge is 2.23. The molecule has 0 aliphatic carbocycles. The minimum atomic E-state index is 0.222. The molecule has 0 spiro atoms. The normalized spacial score (nSPS) is 16.0. The number of aromatic nitrogens is 2. The van der Waals surface area contributed by atoms with Crippen LogP contribution in [0.25, 0.3) is 0 Å².